The van der Waals surface area contributed by atoms with E-state index in [9.17, 15) is 9.59 Å². The lowest BCUT2D eigenvalue weighted by Crippen LogP contribution is -2.41. The number of carbonyl (C=O) groups is 2. The van der Waals surface area contributed by atoms with E-state index in [4.69, 9.17) is 4.74 Å². The molecule has 0 aromatic carbocycles. The average molecular weight is 253 g/mol. The van der Waals surface area contributed by atoms with Crippen molar-refractivity contribution in [3.8, 4) is 0 Å². The topological polar surface area (TPSA) is 46.6 Å². The molecule has 2 fully saturated rings. The number of nitrogens with zero attached hydrogens (tertiary/aromatic N) is 1. The van der Waals surface area contributed by atoms with Gasteiger partial charge in [-0.3, -0.25) is 4.79 Å². The third kappa shape index (κ3) is 2.38. The van der Waals surface area contributed by atoms with Crippen molar-refractivity contribution in [3.63, 3.8) is 0 Å². The van der Waals surface area contributed by atoms with Crippen molar-refractivity contribution >= 4 is 11.9 Å². The number of ether oxygens (including phenoxy) is 1. The molecular weight excluding hydrogens is 230 g/mol. The van der Waals surface area contributed by atoms with E-state index in [0.717, 1.165) is 19.3 Å². The summed E-state index contributed by atoms with van der Waals surface area (Å²) in [6.07, 6.45) is 3.11. The van der Waals surface area contributed by atoms with E-state index in [1.54, 1.807) is 11.8 Å². The highest BCUT2D eigenvalue weighted by atomic mass is 16.5. The van der Waals surface area contributed by atoms with Gasteiger partial charge in [0, 0.05) is 12.6 Å². The quantitative estimate of drug-likeness (QED) is 0.530. The van der Waals surface area contributed by atoms with Gasteiger partial charge in [-0.25, -0.2) is 4.79 Å². The molecule has 1 saturated heterocycles. The highest BCUT2D eigenvalue weighted by Crippen LogP contribution is 2.52. The largest absolute Gasteiger partial charge is 0.459 e. The van der Waals surface area contributed by atoms with E-state index in [0.29, 0.717) is 6.54 Å². The van der Waals surface area contributed by atoms with Gasteiger partial charge in [-0.15, -0.1) is 0 Å². The van der Waals surface area contributed by atoms with E-state index in [1.165, 1.54) is 0 Å². The lowest BCUT2D eigenvalue weighted by atomic mass is 9.65. The van der Waals surface area contributed by atoms with Crippen LogP contribution in [0.2, 0.25) is 0 Å². The van der Waals surface area contributed by atoms with E-state index in [2.05, 4.69) is 20.8 Å². The lowest BCUT2D eigenvalue weighted by Gasteiger charge is -2.39. The standard InChI is InChI=1S/C14H23NO3/c1-5-18-12(17)11(16)15-9-14(4)7-10(15)6-13(2,3)8-14/h10H,5-9H2,1-4H3. The third-order valence-electron chi connectivity index (χ3n) is 4.13. The van der Waals surface area contributed by atoms with Crippen molar-refractivity contribution in [1.29, 1.82) is 0 Å². The van der Waals surface area contributed by atoms with Crippen LogP contribution in [-0.2, 0) is 14.3 Å². The van der Waals surface area contributed by atoms with Crippen molar-refractivity contribution in [2.75, 3.05) is 13.2 Å². The Morgan fingerprint density at radius 2 is 1.94 bits per heavy atom. The zero-order valence-corrected chi connectivity index (χ0v) is 11.8. The zero-order valence-electron chi connectivity index (χ0n) is 11.8. The monoisotopic (exact) mass is 253 g/mol. The van der Waals surface area contributed by atoms with Gasteiger partial charge >= 0.3 is 11.9 Å². The highest BCUT2D eigenvalue weighted by molar-refractivity contribution is 6.32. The maximum atomic E-state index is 12.1. The summed E-state index contributed by atoms with van der Waals surface area (Å²) < 4.78 is 4.82. The molecule has 2 atom stereocenters. The van der Waals surface area contributed by atoms with Gasteiger partial charge in [-0.05, 0) is 37.0 Å². The highest BCUT2D eigenvalue weighted by Gasteiger charge is 2.51. The lowest BCUT2D eigenvalue weighted by molar-refractivity contribution is -0.160. The molecule has 2 bridgehead atoms. The average Bonchev–Trinajstić information content (AvgIpc) is 2.47. The Morgan fingerprint density at radius 1 is 1.28 bits per heavy atom. The molecule has 1 aliphatic carbocycles. The number of fused-ring (bicyclic) bond motifs is 2. The number of esters is 1. The molecule has 0 radical (unpaired) electrons. The molecule has 2 aliphatic rings. The fourth-order valence-corrected chi connectivity index (χ4v) is 4.01. The Bertz CT molecular complexity index is 377. The van der Waals surface area contributed by atoms with Crippen LogP contribution in [0.15, 0.2) is 0 Å². The molecular formula is C14H23NO3. The number of hydrogen-bond donors (Lipinski definition) is 0. The SMILES string of the molecule is CCOC(=O)C(=O)N1CC2(C)CC1CC(C)(C)C2. The second-order valence-corrected chi connectivity index (χ2v) is 6.87. The Kier molecular flexibility index (Phi) is 3.16. The predicted molar refractivity (Wildman–Crippen MR) is 67.9 cm³/mol. The molecule has 0 N–H and O–H groups in total. The van der Waals surface area contributed by atoms with Crippen LogP contribution in [0.4, 0.5) is 0 Å². The first-order chi connectivity index (χ1) is 8.26. The van der Waals surface area contributed by atoms with Gasteiger partial charge in [-0.1, -0.05) is 20.8 Å². The summed E-state index contributed by atoms with van der Waals surface area (Å²) in [6, 6.07) is 0.204. The van der Waals surface area contributed by atoms with Crippen molar-refractivity contribution in [2.24, 2.45) is 10.8 Å². The number of rotatable bonds is 1. The summed E-state index contributed by atoms with van der Waals surface area (Å²) in [4.78, 5) is 25.4. The molecule has 18 heavy (non-hydrogen) atoms. The third-order valence-corrected chi connectivity index (χ3v) is 4.13. The molecule has 2 unspecified atom stereocenters. The number of amides is 1. The van der Waals surface area contributed by atoms with Crippen molar-refractivity contribution < 1.29 is 14.3 Å². The zero-order chi connectivity index (χ0) is 13.6. The van der Waals surface area contributed by atoms with E-state index in [-0.39, 0.29) is 23.5 Å². The van der Waals surface area contributed by atoms with Gasteiger partial charge in [0.2, 0.25) is 0 Å². The summed E-state index contributed by atoms with van der Waals surface area (Å²) in [5.41, 5.74) is 0.413. The number of hydrogen-bond acceptors (Lipinski definition) is 3. The smallest absolute Gasteiger partial charge is 0.397 e. The maximum absolute atomic E-state index is 12.1. The second kappa shape index (κ2) is 4.25. The van der Waals surface area contributed by atoms with Gasteiger partial charge in [0.1, 0.15) is 0 Å². The minimum absolute atomic E-state index is 0.161. The fourth-order valence-electron chi connectivity index (χ4n) is 4.01. The summed E-state index contributed by atoms with van der Waals surface area (Å²) in [5.74, 6) is -1.16. The molecule has 1 aliphatic heterocycles. The molecule has 4 heteroatoms. The molecule has 4 nitrogen and oxygen atoms in total. The molecule has 102 valence electrons. The summed E-state index contributed by atoms with van der Waals surface area (Å²) >= 11 is 0. The van der Waals surface area contributed by atoms with Crippen LogP contribution < -0.4 is 0 Å². The van der Waals surface area contributed by atoms with Crippen molar-refractivity contribution in [2.45, 2.75) is 53.0 Å². The van der Waals surface area contributed by atoms with Crippen LogP contribution >= 0.6 is 0 Å². The van der Waals surface area contributed by atoms with E-state index in [1.807, 2.05) is 0 Å². The second-order valence-electron chi connectivity index (χ2n) is 6.87. The van der Waals surface area contributed by atoms with Gasteiger partial charge in [0.15, 0.2) is 0 Å². The van der Waals surface area contributed by atoms with Crippen LogP contribution in [0.25, 0.3) is 0 Å². The Labute approximate surface area is 109 Å². The predicted octanol–water partition coefficient (Wildman–Crippen LogP) is 1.98. The molecule has 0 spiro atoms. The van der Waals surface area contributed by atoms with Gasteiger partial charge in [0.25, 0.3) is 0 Å². The molecule has 1 heterocycles. The first kappa shape index (κ1) is 13.4. The molecule has 1 saturated carbocycles. The fraction of sp³-hybridized carbons (Fsp3) is 0.857. The van der Waals surface area contributed by atoms with Crippen LogP contribution in [0.5, 0.6) is 0 Å². The Hall–Kier alpha value is -1.06. The van der Waals surface area contributed by atoms with Crippen LogP contribution in [0.3, 0.4) is 0 Å². The molecule has 2 rings (SSSR count). The van der Waals surface area contributed by atoms with Crippen LogP contribution in [0.1, 0.15) is 47.0 Å². The molecule has 0 aromatic rings. The Morgan fingerprint density at radius 3 is 2.56 bits per heavy atom. The molecule has 1 amide bonds. The number of carbonyl (C=O) groups excluding carboxylic acids is 2. The summed E-state index contributed by atoms with van der Waals surface area (Å²) in [7, 11) is 0. The van der Waals surface area contributed by atoms with Gasteiger partial charge < -0.3 is 9.64 Å². The summed E-state index contributed by atoms with van der Waals surface area (Å²) in [6.45, 7) is 9.38. The number of likely N-dealkylation sites (tertiary alicyclic amines) is 1. The van der Waals surface area contributed by atoms with Crippen LogP contribution in [-0.4, -0.2) is 36.0 Å². The normalized spacial score (nSPS) is 33.3. The van der Waals surface area contributed by atoms with Crippen LogP contribution in [0, 0.1) is 10.8 Å². The van der Waals surface area contributed by atoms with E-state index >= 15 is 0 Å². The van der Waals surface area contributed by atoms with Gasteiger partial charge in [-0.2, -0.15) is 0 Å². The first-order valence-electron chi connectivity index (χ1n) is 6.74. The summed E-state index contributed by atoms with van der Waals surface area (Å²) in [5, 5.41) is 0. The van der Waals surface area contributed by atoms with Crippen molar-refractivity contribution in [3.05, 3.63) is 0 Å². The Balaban J connectivity index is 2.13. The molecule has 0 aromatic heterocycles. The van der Waals surface area contributed by atoms with E-state index < -0.39 is 11.9 Å². The first-order valence-corrected chi connectivity index (χ1v) is 6.74. The minimum Gasteiger partial charge on any atom is -0.459 e. The maximum Gasteiger partial charge on any atom is 0.397 e. The van der Waals surface area contributed by atoms with Gasteiger partial charge in [0.05, 0.1) is 6.61 Å². The van der Waals surface area contributed by atoms with Crippen molar-refractivity contribution in [1.82, 2.24) is 4.90 Å². The minimum atomic E-state index is -0.702.